The maximum absolute atomic E-state index is 13.1. The Morgan fingerprint density at radius 2 is 1.46 bits per heavy atom. The molecule has 0 bridgehead atoms. The van der Waals surface area contributed by atoms with Gasteiger partial charge in [-0.15, -0.1) is 0 Å². The van der Waals surface area contributed by atoms with Crippen LogP contribution in [0.25, 0.3) is 0 Å². The van der Waals surface area contributed by atoms with Crippen molar-refractivity contribution in [2.24, 2.45) is 17.8 Å². The van der Waals surface area contributed by atoms with Crippen molar-refractivity contribution in [3.05, 3.63) is 88.5 Å². The molecule has 4 fully saturated rings. The number of amides is 3. The van der Waals surface area contributed by atoms with Gasteiger partial charge in [0.2, 0.25) is 11.8 Å². The van der Waals surface area contributed by atoms with E-state index in [4.69, 9.17) is 0 Å². The van der Waals surface area contributed by atoms with Crippen LogP contribution >= 0.6 is 0 Å². The Morgan fingerprint density at radius 1 is 0.712 bits per heavy atom. The normalized spacial score (nSPS) is 25.9. The smallest absolute Gasteiger partial charge is 0.255 e. The number of piperidine rings is 2. The van der Waals surface area contributed by atoms with Crippen molar-refractivity contribution in [2.75, 3.05) is 55.6 Å². The number of nitrogens with zero attached hydrogens (tertiary/aromatic N) is 4. The molecule has 272 valence electrons. The number of carbonyl (C=O) groups is 3. The van der Waals surface area contributed by atoms with Gasteiger partial charge in [-0.1, -0.05) is 37.5 Å². The molecule has 9 heteroatoms. The lowest BCUT2D eigenvalue weighted by atomic mass is 9.62. The topological polar surface area (TPSA) is 96.4 Å². The number of phenolic OH excluding ortho intramolecular Hbond substituents is 1. The van der Waals surface area contributed by atoms with Crippen LogP contribution in [0.4, 0.5) is 11.4 Å². The first kappa shape index (κ1) is 33.5. The summed E-state index contributed by atoms with van der Waals surface area (Å²) in [4.78, 5) is 46.5. The highest BCUT2D eigenvalue weighted by molar-refractivity contribution is 6.05. The van der Waals surface area contributed by atoms with Gasteiger partial charge in [-0.2, -0.15) is 0 Å². The van der Waals surface area contributed by atoms with Crippen molar-refractivity contribution >= 4 is 29.1 Å². The molecule has 3 atom stereocenters. The molecule has 52 heavy (non-hydrogen) atoms. The molecule has 9 rings (SSSR count). The second kappa shape index (κ2) is 13.9. The Morgan fingerprint density at radius 3 is 2.19 bits per heavy atom. The fraction of sp³-hybridized carbons (Fsp3) is 0.512. The lowest BCUT2D eigenvalue weighted by molar-refractivity contribution is -0.136. The van der Waals surface area contributed by atoms with Crippen LogP contribution < -0.4 is 15.1 Å². The molecule has 3 amide bonds. The van der Waals surface area contributed by atoms with Gasteiger partial charge in [0.25, 0.3) is 5.91 Å². The van der Waals surface area contributed by atoms with Crippen molar-refractivity contribution < 1.29 is 19.5 Å². The number of nitrogens with one attached hydrogen (secondary N) is 1. The molecule has 6 aliphatic rings. The van der Waals surface area contributed by atoms with E-state index < -0.39 is 6.04 Å². The zero-order chi connectivity index (χ0) is 35.3. The van der Waals surface area contributed by atoms with E-state index in [1.807, 2.05) is 18.2 Å². The molecule has 9 nitrogen and oxygen atoms in total. The Hall–Kier alpha value is -4.37. The van der Waals surface area contributed by atoms with E-state index in [0.29, 0.717) is 42.0 Å². The number of aromatic hydroxyl groups is 1. The first-order valence-electron chi connectivity index (χ1n) is 19.8. The molecule has 1 saturated carbocycles. The van der Waals surface area contributed by atoms with Gasteiger partial charge in [0.1, 0.15) is 11.8 Å². The van der Waals surface area contributed by atoms with Crippen molar-refractivity contribution in [3.63, 3.8) is 0 Å². The van der Waals surface area contributed by atoms with Crippen LogP contribution in [0.15, 0.2) is 60.7 Å². The Kier molecular flexibility index (Phi) is 8.93. The quantitative estimate of drug-likeness (QED) is 0.306. The zero-order valence-corrected chi connectivity index (χ0v) is 30.1. The largest absolute Gasteiger partial charge is 0.508 e. The third-order valence-electron chi connectivity index (χ3n) is 13.4. The lowest BCUT2D eigenvalue weighted by Gasteiger charge is -2.43. The summed E-state index contributed by atoms with van der Waals surface area (Å²) in [6.45, 7) is 7.76. The van der Waals surface area contributed by atoms with Crippen LogP contribution in [0.5, 0.6) is 5.75 Å². The number of rotatable bonds is 7. The monoisotopic (exact) mass is 701 g/mol. The van der Waals surface area contributed by atoms with E-state index in [1.165, 1.54) is 60.9 Å². The van der Waals surface area contributed by atoms with E-state index in [-0.39, 0.29) is 24.1 Å². The third-order valence-corrected chi connectivity index (χ3v) is 13.4. The van der Waals surface area contributed by atoms with E-state index >= 15 is 0 Å². The van der Waals surface area contributed by atoms with Crippen LogP contribution in [0.1, 0.15) is 89.9 Å². The molecule has 3 saturated heterocycles. The summed E-state index contributed by atoms with van der Waals surface area (Å²) in [6.07, 6.45) is 9.49. The first-order chi connectivity index (χ1) is 25.4. The number of fused-ring (bicyclic) bond motifs is 2. The Balaban J connectivity index is 0.768. The number of hydrogen-bond acceptors (Lipinski definition) is 7. The summed E-state index contributed by atoms with van der Waals surface area (Å²) in [5, 5.41) is 12.6. The van der Waals surface area contributed by atoms with Gasteiger partial charge < -0.3 is 19.8 Å². The number of benzene rings is 3. The van der Waals surface area contributed by atoms with Gasteiger partial charge in [0, 0.05) is 81.6 Å². The van der Waals surface area contributed by atoms with Crippen LogP contribution in [-0.2, 0) is 22.6 Å². The molecule has 2 aliphatic carbocycles. The number of phenols is 1. The van der Waals surface area contributed by atoms with Gasteiger partial charge >= 0.3 is 0 Å². The van der Waals surface area contributed by atoms with Crippen molar-refractivity contribution in [3.8, 4) is 5.75 Å². The molecule has 0 unspecified atom stereocenters. The summed E-state index contributed by atoms with van der Waals surface area (Å²) in [5.41, 5.74) is 8.31. The van der Waals surface area contributed by atoms with Gasteiger partial charge in [-0.25, -0.2) is 0 Å². The highest BCUT2D eigenvalue weighted by Gasteiger charge is 2.40. The molecule has 4 aliphatic heterocycles. The fourth-order valence-electron chi connectivity index (χ4n) is 10.2. The summed E-state index contributed by atoms with van der Waals surface area (Å²) in [7, 11) is 0. The van der Waals surface area contributed by atoms with Crippen LogP contribution in [-0.4, -0.2) is 84.5 Å². The minimum absolute atomic E-state index is 0.116. The predicted octanol–water partition coefficient (Wildman–Crippen LogP) is 5.69. The van der Waals surface area contributed by atoms with Crippen molar-refractivity contribution in [1.29, 1.82) is 0 Å². The number of anilines is 2. The van der Waals surface area contributed by atoms with E-state index in [2.05, 4.69) is 62.5 Å². The predicted molar refractivity (Wildman–Crippen MR) is 202 cm³/mol. The highest BCUT2D eigenvalue weighted by Crippen LogP contribution is 2.50. The van der Waals surface area contributed by atoms with E-state index in [1.54, 1.807) is 4.90 Å². The number of imide groups is 1. The van der Waals surface area contributed by atoms with E-state index in [0.717, 1.165) is 69.4 Å². The Bertz CT molecular complexity index is 1840. The molecule has 2 N–H and O–H groups in total. The van der Waals surface area contributed by atoms with Crippen LogP contribution in [0.2, 0.25) is 0 Å². The van der Waals surface area contributed by atoms with Crippen molar-refractivity contribution in [2.45, 2.75) is 76.3 Å². The molecular formula is C43H51N5O4. The molecule has 3 aromatic carbocycles. The SMILES string of the molecule is O=C1CC[C@H](N2Cc3cc(N4CCN(CC5CCN(c6ccc([C@@H]7c8ccc(O)cc8CC[C@@H]7C7CCC7)cc6)CC5)CC4)ccc3C2=O)C(=O)N1. The van der Waals surface area contributed by atoms with Gasteiger partial charge in [-0.3, -0.25) is 24.6 Å². The summed E-state index contributed by atoms with van der Waals surface area (Å²) in [5.74, 6) is 2.32. The average molecular weight is 702 g/mol. The highest BCUT2D eigenvalue weighted by atomic mass is 16.3. The number of carbonyl (C=O) groups excluding carboxylic acids is 3. The molecule has 4 heterocycles. The molecule has 3 aromatic rings. The molecule has 0 aromatic heterocycles. The third kappa shape index (κ3) is 6.35. The fourth-order valence-corrected chi connectivity index (χ4v) is 10.2. The molecule has 0 spiro atoms. The second-order valence-electron chi connectivity index (χ2n) is 16.3. The van der Waals surface area contributed by atoms with Gasteiger partial charge in [0.05, 0.1) is 0 Å². The molecule has 0 radical (unpaired) electrons. The number of piperazine rings is 1. The van der Waals surface area contributed by atoms with Crippen LogP contribution in [0, 0.1) is 17.8 Å². The maximum atomic E-state index is 13.1. The summed E-state index contributed by atoms with van der Waals surface area (Å²) < 4.78 is 0. The number of aryl methyl sites for hydroxylation is 1. The standard InChI is InChI=1S/C43H51N5O4/c49-35-10-13-37-31(25-35)6-11-36(29-2-1-3-29)41(37)30-4-7-33(8-5-30)46-18-16-28(17-19-46)26-45-20-22-47(23-21-45)34-9-12-38-32(24-34)27-48(43(38)52)39-14-15-40(50)44-42(39)51/h4-5,7-10,12-13,24-25,28-29,36,39,41,49H,1-3,6,11,14-23,26-27H2,(H,44,50,51)/t36-,39+,41+/m1/s1. The average Bonchev–Trinajstić information content (AvgIpc) is 3.46. The summed E-state index contributed by atoms with van der Waals surface area (Å²) in [6, 6.07) is 21.1. The Labute approximate surface area is 307 Å². The van der Waals surface area contributed by atoms with E-state index in [9.17, 15) is 19.5 Å². The van der Waals surface area contributed by atoms with Crippen LogP contribution in [0.3, 0.4) is 0 Å². The zero-order valence-electron chi connectivity index (χ0n) is 30.1. The van der Waals surface area contributed by atoms with Crippen molar-refractivity contribution in [1.82, 2.24) is 15.1 Å². The first-order valence-corrected chi connectivity index (χ1v) is 19.8. The summed E-state index contributed by atoms with van der Waals surface area (Å²) >= 11 is 0. The minimum atomic E-state index is -0.580. The second-order valence-corrected chi connectivity index (χ2v) is 16.3. The molecular weight excluding hydrogens is 651 g/mol. The maximum Gasteiger partial charge on any atom is 0.255 e. The van der Waals surface area contributed by atoms with Gasteiger partial charge in [-0.05, 0) is 115 Å². The number of hydrogen-bond donors (Lipinski definition) is 2. The van der Waals surface area contributed by atoms with Gasteiger partial charge in [0.15, 0.2) is 0 Å². The lowest BCUT2D eigenvalue weighted by Crippen LogP contribution is -2.52. The minimum Gasteiger partial charge on any atom is -0.508 e.